The summed E-state index contributed by atoms with van der Waals surface area (Å²) < 4.78 is 12.4. The molecule has 9 heteroatoms. The minimum atomic E-state index is -0.260. The molecule has 2 aromatic carbocycles. The Kier molecular flexibility index (Phi) is 7.50. The van der Waals surface area contributed by atoms with E-state index in [0.717, 1.165) is 11.3 Å². The van der Waals surface area contributed by atoms with E-state index in [1.165, 1.54) is 13.3 Å². The zero-order valence-electron chi connectivity index (χ0n) is 17.2. The molecule has 31 heavy (non-hydrogen) atoms. The molecule has 0 aliphatic heterocycles. The molecule has 2 amide bonds. The monoisotopic (exact) mass is 442 g/mol. The largest absolute Gasteiger partial charge is 0.493 e. The van der Waals surface area contributed by atoms with Gasteiger partial charge in [-0.25, -0.2) is 4.68 Å². The van der Waals surface area contributed by atoms with Gasteiger partial charge in [0.15, 0.2) is 18.1 Å². The molecule has 0 saturated heterocycles. The van der Waals surface area contributed by atoms with Crippen LogP contribution in [-0.2, 0) is 11.3 Å². The number of hydrogen-bond donors (Lipinski definition) is 2. The van der Waals surface area contributed by atoms with Crippen LogP contribution >= 0.6 is 11.6 Å². The summed E-state index contributed by atoms with van der Waals surface area (Å²) >= 11 is 6.01. The molecule has 1 aromatic heterocycles. The average molecular weight is 443 g/mol. The number of hydrogen-bond acceptors (Lipinski definition) is 5. The van der Waals surface area contributed by atoms with E-state index in [2.05, 4.69) is 15.7 Å². The molecule has 2 N–H and O–H groups in total. The minimum absolute atomic E-state index is 0.100. The van der Waals surface area contributed by atoms with Gasteiger partial charge in [-0.05, 0) is 42.8 Å². The molecular weight excluding hydrogens is 420 g/mol. The first-order valence-electron chi connectivity index (χ1n) is 9.65. The maximum Gasteiger partial charge on any atom is 0.257 e. The van der Waals surface area contributed by atoms with Gasteiger partial charge in [0.1, 0.15) is 0 Å². The van der Waals surface area contributed by atoms with Crippen LogP contribution in [0.3, 0.4) is 0 Å². The molecule has 0 spiro atoms. The van der Waals surface area contributed by atoms with Crippen molar-refractivity contribution in [2.45, 2.75) is 13.5 Å². The Balaban J connectivity index is 1.60. The highest BCUT2D eigenvalue weighted by atomic mass is 35.5. The van der Waals surface area contributed by atoms with Crippen molar-refractivity contribution in [2.24, 2.45) is 0 Å². The van der Waals surface area contributed by atoms with Crippen molar-refractivity contribution in [3.63, 3.8) is 0 Å². The number of aromatic nitrogens is 2. The normalized spacial score (nSPS) is 10.4. The Bertz CT molecular complexity index is 1070. The highest BCUT2D eigenvalue weighted by Crippen LogP contribution is 2.28. The van der Waals surface area contributed by atoms with Crippen LogP contribution in [-0.4, -0.2) is 41.9 Å². The van der Waals surface area contributed by atoms with Crippen LogP contribution in [0.1, 0.15) is 22.8 Å². The number of benzene rings is 2. The predicted molar refractivity (Wildman–Crippen MR) is 117 cm³/mol. The Hall–Kier alpha value is -3.52. The van der Waals surface area contributed by atoms with Crippen molar-refractivity contribution in [3.8, 4) is 17.2 Å². The SMILES string of the molecule is CCNC(=O)COc1ccc(CNC(=O)c2cnn(-c3cccc(Cl)c3)c2)cc1OC. The zero-order valence-corrected chi connectivity index (χ0v) is 18.0. The molecule has 0 aliphatic carbocycles. The molecule has 0 saturated carbocycles. The van der Waals surface area contributed by atoms with Crippen LogP contribution < -0.4 is 20.1 Å². The molecule has 0 unspecified atom stereocenters. The molecule has 0 bridgehead atoms. The summed E-state index contributed by atoms with van der Waals surface area (Å²) in [5, 5.41) is 10.3. The van der Waals surface area contributed by atoms with Gasteiger partial charge in [0, 0.05) is 24.3 Å². The first-order chi connectivity index (χ1) is 15.0. The van der Waals surface area contributed by atoms with E-state index < -0.39 is 0 Å². The fourth-order valence-corrected chi connectivity index (χ4v) is 3.00. The average Bonchev–Trinajstić information content (AvgIpc) is 3.27. The summed E-state index contributed by atoms with van der Waals surface area (Å²) in [6, 6.07) is 12.5. The molecule has 0 fully saturated rings. The van der Waals surface area contributed by atoms with E-state index in [4.69, 9.17) is 21.1 Å². The maximum atomic E-state index is 12.5. The summed E-state index contributed by atoms with van der Waals surface area (Å²) in [5.41, 5.74) is 2.01. The van der Waals surface area contributed by atoms with Crippen LogP contribution in [0.4, 0.5) is 0 Å². The van der Waals surface area contributed by atoms with Crippen LogP contribution in [0.15, 0.2) is 54.9 Å². The fourth-order valence-electron chi connectivity index (χ4n) is 2.82. The van der Waals surface area contributed by atoms with Gasteiger partial charge in [-0.1, -0.05) is 23.7 Å². The summed E-state index contributed by atoms with van der Waals surface area (Å²) in [6.07, 6.45) is 3.13. The second-order valence-electron chi connectivity index (χ2n) is 6.56. The van der Waals surface area contributed by atoms with Gasteiger partial charge in [-0.15, -0.1) is 0 Å². The molecule has 3 rings (SSSR count). The Labute approximate surface area is 185 Å². The standard InChI is InChI=1S/C22H23ClN4O4/c1-3-24-21(28)14-31-19-8-7-15(9-20(19)30-2)11-25-22(29)16-12-26-27(13-16)18-6-4-5-17(23)10-18/h4-10,12-13H,3,11,14H2,1-2H3,(H,24,28)(H,25,29). The molecule has 0 aliphatic rings. The Morgan fingerprint density at radius 2 is 1.97 bits per heavy atom. The number of carbonyl (C=O) groups excluding carboxylic acids is 2. The lowest BCUT2D eigenvalue weighted by Gasteiger charge is -2.12. The quantitative estimate of drug-likeness (QED) is 0.531. The number of ether oxygens (including phenoxy) is 2. The van der Waals surface area contributed by atoms with Gasteiger partial charge in [0.05, 0.1) is 24.6 Å². The molecule has 0 atom stereocenters. The van der Waals surface area contributed by atoms with Crippen molar-refractivity contribution in [1.29, 1.82) is 0 Å². The first kappa shape index (κ1) is 22.2. The number of amides is 2. The van der Waals surface area contributed by atoms with Gasteiger partial charge in [0.25, 0.3) is 11.8 Å². The van der Waals surface area contributed by atoms with E-state index in [1.54, 1.807) is 41.2 Å². The van der Waals surface area contributed by atoms with E-state index in [0.29, 0.717) is 28.6 Å². The van der Waals surface area contributed by atoms with Crippen molar-refractivity contribution in [1.82, 2.24) is 20.4 Å². The number of rotatable bonds is 9. The van der Waals surface area contributed by atoms with Crippen molar-refractivity contribution >= 4 is 23.4 Å². The highest BCUT2D eigenvalue weighted by Gasteiger charge is 2.12. The van der Waals surface area contributed by atoms with Crippen LogP contribution in [0, 0.1) is 0 Å². The van der Waals surface area contributed by atoms with Crippen molar-refractivity contribution in [2.75, 3.05) is 20.3 Å². The number of halogens is 1. The molecule has 3 aromatic rings. The Morgan fingerprint density at radius 1 is 1.13 bits per heavy atom. The van der Waals surface area contributed by atoms with Gasteiger partial charge in [-0.2, -0.15) is 5.10 Å². The lowest BCUT2D eigenvalue weighted by atomic mass is 10.2. The van der Waals surface area contributed by atoms with E-state index in [9.17, 15) is 9.59 Å². The minimum Gasteiger partial charge on any atom is -0.493 e. The van der Waals surface area contributed by atoms with Gasteiger partial charge < -0.3 is 20.1 Å². The maximum absolute atomic E-state index is 12.5. The smallest absolute Gasteiger partial charge is 0.257 e. The van der Waals surface area contributed by atoms with E-state index in [-0.39, 0.29) is 25.0 Å². The number of methoxy groups -OCH3 is 1. The first-order valence-corrected chi connectivity index (χ1v) is 10.0. The second-order valence-corrected chi connectivity index (χ2v) is 7.00. The fraction of sp³-hybridized carbons (Fsp3) is 0.227. The van der Waals surface area contributed by atoms with Crippen molar-refractivity contribution < 1.29 is 19.1 Å². The zero-order chi connectivity index (χ0) is 22.2. The van der Waals surface area contributed by atoms with Gasteiger partial charge >= 0.3 is 0 Å². The third-order valence-corrected chi connectivity index (χ3v) is 4.57. The molecule has 0 radical (unpaired) electrons. The summed E-state index contributed by atoms with van der Waals surface area (Å²) in [4.78, 5) is 24.1. The van der Waals surface area contributed by atoms with Gasteiger partial charge in [0.2, 0.25) is 0 Å². The topological polar surface area (TPSA) is 94.5 Å². The molecule has 8 nitrogen and oxygen atoms in total. The molecule has 162 valence electrons. The summed E-state index contributed by atoms with van der Waals surface area (Å²) in [6.45, 7) is 2.56. The lowest BCUT2D eigenvalue weighted by molar-refractivity contribution is -0.123. The van der Waals surface area contributed by atoms with Gasteiger partial charge in [-0.3, -0.25) is 9.59 Å². The van der Waals surface area contributed by atoms with E-state index in [1.807, 2.05) is 19.1 Å². The van der Waals surface area contributed by atoms with Crippen molar-refractivity contribution in [3.05, 3.63) is 71.0 Å². The third-order valence-electron chi connectivity index (χ3n) is 4.33. The van der Waals surface area contributed by atoms with Crippen LogP contribution in [0.5, 0.6) is 11.5 Å². The third kappa shape index (κ3) is 5.99. The number of nitrogens with zero attached hydrogens (tertiary/aromatic N) is 2. The number of carbonyl (C=O) groups is 2. The summed E-state index contributed by atoms with van der Waals surface area (Å²) in [5.74, 6) is 0.458. The predicted octanol–water partition coefficient (Wildman–Crippen LogP) is 2.98. The van der Waals surface area contributed by atoms with E-state index >= 15 is 0 Å². The summed E-state index contributed by atoms with van der Waals surface area (Å²) in [7, 11) is 1.51. The van der Waals surface area contributed by atoms with Crippen LogP contribution in [0.2, 0.25) is 5.02 Å². The van der Waals surface area contributed by atoms with Crippen LogP contribution in [0.25, 0.3) is 5.69 Å². The highest BCUT2D eigenvalue weighted by molar-refractivity contribution is 6.30. The Morgan fingerprint density at radius 3 is 2.71 bits per heavy atom. The second kappa shape index (κ2) is 10.5. The lowest BCUT2D eigenvalue weighted by Crippen LogP contribution is -2.28. The number of likely N-dealkylation sites (N-methyl/N-ethyl adjacent to an activating group) is 1. The molecule has 1 heterocycles. The number of nitrogens with one attached hydrogen (secondary N) is 2. The molecular formula is C22H23ClN4O4.